The monoisotopic (exact) mass is 832 g/mol. The van der Waals surface area contributed by atoms with Crippen molar-refractivity contribution in [2.75, 3.05) is 52.8 Å². The van der Waals surface area contributed by atoms with E-state index >= 15 is 0 Å². The summed E-state index contributed by atoms with van der Waals surface area (Å²) in [7, 11) is 0. The maximum atomic E-state index is 14.0. The van der Waals surface area contributed by atoms with Gasteiger partial charge in [-0.05, 0) is 83.6 Å². The molecule has 0 aliphatic rings. The number of ether oxygens (including phenoxy) is 9. The first kappa shape index (κ1) is 50.6. The molecule has 2 rings (SSSR count). The summed E-state index contributed by atoms with van der Waals surface area (Å²) >= 11 is 0. The Labute approximate surface area is 353 Å². The summed E-state index contributed by atoms with van der Waals surface area (Å²) in [6, 6.07) is 6.30. The summed E-state index contributed by atoms with van der Waals surface area (Å²) in [6.45, 7) is 19.6. The molecule has 13 heteroatoms. The van der Waals surface area contributed by atoms with E-state index in [1.807, 2.05) is 0 Å². The van der Waals surface area contributed by atoms with E-state index < -0.39 is 36.3 Å². The smallest absolute Gasteiger partial charge is 0.407 e. The Morgan fingerprint density at radius 1 is 0.525 bits per heavy atom. The van der Waals surface area contributed by atoms with Gasteiger partial charge in [0.1, 0.15) is 12.2 Å². The van der Waals surface area contributed by atoms with Gasteiger partial charge in [-0.2, -0.15) is 0 Å². The molecule has 1 atom stereocenters. The number of alkyl carbamates (subject to hydrolysis) is 1. The highest BCUT2D eigenvalue weighted by atomic mass is 16.6. The van der Waals surface area contributed by atoms with Crippen LogP contribution in [0.3, 0.4) is 0 Å². The molecule has 1 amide bonds. The average Bonchev–Trinajstić information content (AvgIpc) is 3.19. The third kappa shape index (κ3) is 19.8. The number of amides is 1. The minimum atomic E-state index is -1.12. The lowest BCUT2D eigenvalue weighted by Crippen LogP contribution is -2.40. The number of esters is 2. The van der Waals surface area contributed by atoms with Gasteiger partial charge in [-0.1, -0.05) is 80.1 Å². The molecule has 1 N–H and O–H groups in total. The van der Waals surface area contributed by atoms with E-state index in [9.17, 15) is 14.4 Å². The van der Waals surface area contributed by atoms with Gasteiger partial charge in [0.2, 0.25) is 11.5 Å². The molecule has 0 heterocycles. The number of unbranched alkanes of at least 4 members (excludes halogenated alkanes) is 6. The topological polar surface area (TPSA) is 146 Å². The predicted octanol–water partition coefficient (Wildman–Crippen LogP) is 10.7. The zero-order valence-electron chi connectivity index (χ0n) is 37.4. The number of rotatable bonds is 31. The van der Waals surface area contributed by atoms with Gasteiger partial charge in [-0.3, -0.25) is 0 Å². The second-order valence-electron chi connectivity index (χ2n) is 15.3. The van der Waals surface area contributed by atoms with E-state index in [0.29, 0.717) is 74.1 Å². The van der Waals surface area contributed by atoms with Crippen molar-refractivity contribution >= 4 is 18.0 Å². The van der Waals surface area contributed by atoms with Gasteiger partial charge in [-0.15, -0.1) is 0 Å². The normalized spacial score (nSPS) is 11.6. The molecule has 2 aromatic rings. The standard InChI is InChI=1S/C46H73NO12/c1-10-16-22-51-37-28-34(29-38(52-23-17-11-2)41(37)55-26-20-14-5)43(48)57-33-36(32-47-45(50)59-46(7,8)9)58-44(49)35-30-39(53-24-18-12-3)42(56-27-21-15-6)40(31-35)54-25-19-13-4/h28-31,36H,10-27,32-33H2,1-9H3,(H,47,50). The average molecular weight is 832 g/mol. The van der Waals surface area contributed by atoms with E-state index in [4.69, 9.17) is 42.6 Å². The van der Waals surface area contributed by atoms with Crippen LogP contribution >= 0.6 is 0 Å². The second kappa shape index (κ2) is 28.8. The van der Waals surface area contributed by atoms with E-state index in [0.717, 1.165) is 77.0 Å². The minimum Gasteiger partial charge on any atom is -0.490 e. The zero-order chi connectivity index (χ0) is 43.5. The van der Waals surface area contributed by atoms with Crippen LogP contribution in [0.4, 0.5) is 4.79 Å². The van der Waals surface area contributed by atoms with Crippen molar-refractivity contribution in [2.45, 2.75) is 151 Å². The molecule has 0 fully saturated rings. The summed E-state index contributed by atoms with van der Waals surface area (Å²) in [5, 5.41) is 2.64. The summed E-state index contributed by atoms with van der Waals surface area (Å²) < 4.78 is 54.0. The van der Waals surface area contributed by atoms with Crippen molar-refractivity contribution < 1.29 is 57.0 Å². The molecule has 0 aromatic heterocycles. The number of nitrogens with one attached hydrogen (secondary N) is 1. The molecular formula is C46H73NO12. The maximum Gasteiger partial charge on any atom is 0.407 e. The van der Waals surface area contributed by atoms with Crippen molar-refractivity contribution in [1.29, 1.82) is 0 Å². The van der Waals surface area contributed by atoms with Crippen molar-refractivity contribution in [3.63, 3.8) is 0 Å². The van der Waals surface area contributed by atoms with Crippen LogP contribution in [0, 0.1) is 0 Å². The Morgan fingerprint density at radius 3 is 1.20 bits per heavy atom. The Hall–Kier alpha value is -4.55. The molecule has 0 spiro atoms. The molecule has 0 aliphatic heterocycles. The lowest BCUT2D eigenvalue weighted by Gasteiger charge is -2.23. The van der Waals surface area contributed by atoms with Crippen LogP contribution in [-0.2, 0) is 14.2 Å². The van der Waals surface area contributed by atoms with Crippen molar-refractivity contribution in [3.8, 4) is 34.5 Å². The van der Waals surface area contributed by atoms with Gasteiger partial charge in [0.25, 0.3) is 0 Å². The minimum absolute atomic E-state index is 0.140. The van der Waals surface area contributed by atoms with Crippen LogP contribution in [0.2, 0.25) is 0 Å². The first-order valence-electron chi connectivity index (χ1n) is 21.9. The van der Waals surface area contributed by atoms with Crippen LogP contribution in [0.1, 0.15) is 160 Å². The quantitative estimate of drug-likeness (QED) is 0.0438. The molecule has 0 saturated heterocycles. The third-order valence-corrected chi connectivity index (χ3v) is 8.57. The van der Waals surface area contributed by atoms with Crippen LogP contribution < -0.4 is 33.7 Å². The molecular weight excluding hydrogens is 759 g/mol. The maximum absolute atomic E-state index is 14.0. The number of benzene rings is 2. The van der Waals surface area contributed by atoms with Crippen molar-refractivity contribution in [1.82, 2.24) is 5.32 Å². The van der Waals surface area contributed by atoms with Crippen molar-refractivity contribution in [3.05, 3.63) is 35.4 Å². The lowest BCUT2D eigenvalue weighted by atomic mass is 10.1. The molecule has 0 radical (unpaired) electrons. The fraction of sp³-hybridized carbons (Fsp3) is 0.674. The van der Waals surface area contributed by atoms with Gasteiger partial charge in [0, 0.05) is 0 Å². The van der Waals surface area contributed by atoms with Crippen LogP contribution in [-0.4, -0.2) is 82.5 Å². The highest BCUT2D eigenvalue weighted by molar-refractivity contribution is 5.92. The lowest BCUT2D eigenvalue weighted by molar-refractivity contribution is -0.00204. The highest BCUT2D eigenvalue weighted by Crippen LogP contribution is 2.41. The molecule has 1 unspecified atom stereocenters. The number of hydrogen-bond acceptors (Lipinski definition) is 12. The van der Waals surface area contributed by atoms with Gasteiger partial charge in [0.05, 0.1) is 57.3 Å². The predicted molar refractivity (Wildman–Crippen MR) is 229 cm³/mol. The van der Waals surface area contributed by atoms with E-state index in [-0.39, 0.29) is 17.7 Å². The van der Waals surface area contributed by atoms with Gasteiger partial charge in [0.15, 0.2) is 29.1 Å². The molecule has 334 valence electrons. The summed E-state index contributed by atoms with van der Waals surface area (Å²) in [6.07, 6.45) is 8.57. The third-order valence-electron chi connectivity index (χ3n) is 8.57. The summed E-state index contributed by atoms with van der Waals surface area (Å²) in [5.74, 6) is 0.885. The Morgan fingerprint density at radius 2 is 0.864 bits per heavy atom. The Bertz CT molecular complexity index is 1460. The van der Waals surface area contributed by atoms with E-state index in [1.54, 1.807) is 45.0 Å². The van der Waals surface area contributed by atoms with Crippen molar-refractivity contribution in [2.24, 2.45) is 0 Å². The van der Waals surface area contributed by atoms with E-state index in [2.05, 4.69) is 46.9 Å². The molecule has 2 aromatic carbocycles. The Balaban J connectivity index is 2.50. The van der Waals surface area contributed by atoms with Crippen LogP contribution in [0.25, 0.3) is 0 Å². The second-order valence-corrected chi connectivity index (χ2v) is 15.3. The van der Waals surface area contributed by atoms with Gasteiger partial charge < -0.3 is 47.9 Å². The number of hydrogen-bond donors (Lipinski definition) is 1. The van der Waals surface area contributed by atoms with Crippen LogP contribution in [0.5, 0.6) is 34.5 Å². The summed E-state index contributed by atoms with van der Waals surface area (Å²) in [5.41, 5.74) is -0.468. The molecule has 0 bridgehead atoms. The molecule has 0 aliphatic carbocycles. The van der Waals surface area contributed by atoms with Gasteiger partial charge in [-0.25, -0.2) is 14.4 Å². The number of carbonyl (C=O) groups excluding carboxylic acids is 3. The SMILES string of the molecule is CCCCOc1cc(C(=O)OCC(CNC(=O)OC(C)(C)C)OC(=O)c2cc(OCCCC)c(OCCCC)c(OCCCC)c2)cc(OCCCC)c1OCCCC. The zero-order valence-corrected chi connectivity index (χ0v) is 37.4. The molecule has 59 heavy (non-hydrogen) atoms. The van der Waals surface area contributed by atoms with E-state index in [1.165, 1.54) is 0 Å². The molecule has 0 saturated carbocycles. The largest absolute Gasteiger partial charge is 0.490 e. The summed E-state index contributed by atoms with van der Waals surface area (Å²) in [4.78, 5) is 40.4. The highest BCUT2D eigenvalue weighted by Gasteiger charge is 2.26. The van der Waals surface area contributed by atoms with Crippen LogP contribution in [0.15, 0.2) is 24.3 Å². The Kier molecular flexibility index (Phi) is 24.7. The van der Waals surface area contributed by atoms with Gasteiger partial charge >= 0.3 is 18.0 Å². The fourth-order valence-electron chi connectivity index (χ4n) is 5.16. The first-order chi connectivity index (χ1) is 28.4. The first-order valence-corrected chi connectivity index (χ1v) is 21.9. The fourth-order valence-corrected chi connectivity index (χ4v) is 5.16. The number of carbonyl (C=O) groups is 3. The molecule has 13 nitrogen and oxygen atoms in total.